The van der Waals surface area contributed by atoms with Gasteiger partial charge in [-0.05, 0) is 47.7 Å². The molecule has 0 heterocycles. The van der Waals surface area contributed by atoms with Crippen LogP contribution in [-0.4, -0.2) is 0 Å². The fourth-order valence-corrected chi connectivity index (χ4v) is 11.3. The Morgan fingerprint density at radius 2 is 0.435 bits per heavy atom. The molecule has 0 amide bonds. The van der Waals surface area contributed by atoms with Gasteiger partial charge in [-0.3, -0.25) is 0 Å². The summed E-state index contributed by atoms with van der Waals surface area (Å²) in [4.78, 5) is 0. The minimum absolute atomic E-state index is 0.446. The molecule has 46 heavy (non-hydrogen) atoms. The van der Waals surface area contributed by atoms with E-state index in [1.165, 1.54) is 35.9 Å². The third-order valence-electron chi connectivity index (χ3n) is 6.87. The summed E-state index contributed by atoms with van der Waals surface area (Å²) in [6.45, 7) is 0. The van der Waals surface area contributed by atoms with Crippen LogP contribution in [0.3, 0.4) is 0 Å². The first-order valence-electron chi connectivity index (χ1n) is 15.0. The van der Waals surface area contributed by atoms with Crippen LogP contribution in [-0.2, 0) is 14.4 Å². The molecule has 0 nitrogen and oxygen atoms in total. The fourth-order valence-electron chi connectivity index (χ4n) is 4.80. The van der Waals surface area contributed by atoms with Gasteiger partial charge in [-0.25, -0.2) is 0 Å². The topological polar surface area (TPSA) is 0 Å². The molecule has 0 saturated carbocycles. The van der Waals surface area contributed by atoms with Gasteiger partial charge in [-0.15, -0.1) is 0 Å². The summed E-state index contributed by atoms with van der Waals surface area (Å²) < 4.78 is 1.45. The summed E-state index contributed by atoms with van der Waals surface area (Å²) in [5.41, 5.74) is 0. The van der Waals surface area contributed by atoms with Gasteiger partial charge in [-0.1, -0.05) is 182 Å². The summed E-state index contributed by atoms with van der Waals surface area (Å²) in [5.74, 6) is 0. The molecule has 0 aliphatic rings. The molecule has 0 radical (unpaired) electrons. The normalized spacial score (nSPS) is 10.4. The molecular formula is C42H35IP2Pd. The summed E-state index contributed by atoms with van der Waals surface area (Å²) in [6.07, 6.45) is 0. The van der Waals surface area contributed by atoms with Crippen LogP contribution < -0.4 is 35.9 Å². The second-order valence-corrected chi connectivity index (χ2v) is 17.7. The number of rotatable bonds is 7. The molecule has 230 valence electrons. The van der Waals surface area contributed by atoms with Crippen molar-refractivity contribution in [3.8, 4) is 0 Å². The monoisotopic (exact) mass is 834 g/mol. The summed E-state index contributed by atoms with van der Waals surface area (Å²) in [6, 6.07) is 75.2. The first-order valence-corrected chi connectivity index (χ1v) is 23.1. The molecule has 0 aliphatic heterocycles. The second kappa shape index (κ2) is 19.5. The Labute approximate surface area is 295 Å². The van der Waals surface area contributed by atoms with Gasteiger partial charge in [0.25, 0.3) is 0 Å². The molecule has 0 fully saturated rings. The maximum absolute atomic E-state index is 2.40. The second-order valence-electron chi connectivity index (χ2n) is 10.0. The smallest absolute Gasteiger partial charge is 0.0134 e. The van der Waals surface area contributed by atoms with E-state index in [1.807, 2.05) is 6.07 Å². The Balaban J connectivity index is 0.000000147. The molecule has 7 aromatic rings. The summed E-state index contributed by atoms with van der Waals surface area (Å²) >= 11 is 3.14. The van der Waals surface area contributed by atoms with E-state index in [0.29, 0.717) is 0 Å². The molecule has 0 aliphatic carbocycles. The van der Waals surface area contributed by atoms with Gasteiger partial charge in [0.15, 0.2) is 0 Å². The van der Waals surface area contributed by atoms with Crippen LogP contribution in [0.4, 0.5) is 0 Å². The Morgan fingerprint density at radius 3 is 0.587 bits per heavy atom. The first kappa shape index (κ1) is 34.1. The molecule has 0 saturated heterocycles. The van der Waals surface area contributed by atoms with Crippen molar-refractivity contribution in [3.05, 3.63) is 212 Å². The maximum atomic E-state index is 2.40. The molecule has 4 heteroatoms. The molecule has 0 aromatic heterocycles. The van der Waals surface area contributed by atoms with Gasteiger partial charge in [-0.2, -0.15) is 0 Å². The van der Waals surface area contributed by atoms with Gasteiger partial charge < -0.3 is 0 Å². The van der Waals surface area contributed by atoms with Gasteiger partial charge in [0, 0.05) is 0 Å². The zero-order valence-electron chi connectivity index (χ0n) is 25.3. The van der Waals surface area contributed by atoms with E-state index >= 15 is 0 Å². The van der Waals surface area contributed by atoms with Crippen molar-refractivity contribution in [1.82, 2.24) is 0 Å². The standard InChI is InChI=1S/2C18H15P.C6H5.HI.Pd/c2*1-4-10-16(11-5-1)19(17-12-6-2-7-13-17)18-14-8-3-9-15-18;1-2-4-6-5-3-1;;/h2*1-15H;1-5H;1H;/q;;;;+1/p-1. The minimum atomic E-state index is -0.446. The van der Waals surface area contributed by atoms with E-state index in [-0.39, 0.29) is 0 Å². The van der Waals surface area contributed by atoms with E-state index in [2.05, 4.69) is 226 Å². The Bertz CT molecular complexity index is 1490. The van der Waals surface area contributed by atoms with Crippen LogP contribution in [0.2, 0.25) is 0 Å². The third-order valence-corrected chi connectivity index (χ3v) is 14.9. The zero-order valence-corrected chi connectivity index (χ0v) is 30.8. The minimum Gasteiger partial charge on any atom is -0.0622 e. The van der Waals surface area contributed by atoms with Crippen molar-refractivity contribution in [2.45, 2.75) is 0 Å². The van der Waals surface area contributed by atoms with Crippen LogP contribution in [0.5, 0.6) is 0 Å². The first-order chi connectivity index (χ1) is 22.8. The molecule has 0 atom stereocenters. The van der Waals surface area contributed by atoms with Crippen molar-refractivity contribution in [2.75, 3.05) is 0 Å². The Morgan fingerprint density at radius 1 is 0.261 bits per heavy atom. The number of halogens is 1. The van der Waals surface area contributed by atoms with Crippen LogP contribution in [0.25, 0.3) is 0 Å². The van der Waals surface area contributed by atoms with Crippen LogP contribution in [0, 0.1) is 0 Å². The third kappa shape index (κ3) is 10.4. The average molecular weight is 835 g/mol. The molecule has 0 spiro atoms. The number of hydrogen-bond acceptors (Lipinski definition) is 0. The molecule has 0 bridgehead atoms. The van der Waals surface area contributed by atoms with Gasteiger partial charge >= 0.3 is 68.2 Å². The number of benzene rings is 7. The Kier molecular flexibility index (Phi) is 14.4. The van der Waals surface area contributed by atoms with Crippen LogP contribution >= 0.6 is 35.4 Å². The van der Waals surface area contributed by atoms with Crippen molar-refractivity contribution in [3.63, 3.8) is 0 Å². The van der Waals surface area contributed by atoms with Gasteiger partial charge in [0.2, 0.25) is 0 Å². The average Bonchev–Trinajstić information content (AvgIpc) is 3.15. The summed E-state index contributed by atoms with van der Waals surface area (Å²) in [5, 5.41) is 8.39. The van der Waals surface area contributed by atoms with E-state index in [0.717, 1.165) is 14.4 Å². The SMILES string of the molecule is [I][Pd][c]1ccccc1.c1ccc(P(c2ccccc2)c2ccccc2)cc1.c1ccc(P(c2ccccc2)c2ccccc2)cc1. The summed E-state index contributed by atoms with van der Waals surface area (Å²) in [7, 11) is -0.892. The van der Waals surface area contributed by atoms with E-state index < -0.39 is 15.8 Å². The van der Waals surface area contributed by atoms with E-state index in [4.69, 9.17) is 0 Å². The quantitative estimate of drug-likeness (QED) is 0.0858. The molecule has 0 N–H and O–H groups in total. The van der Waals surface area contributed by atoms with Crippen molar-refractivity contribution >= 4 is 71.2 Å². The molecule has 7 aromatic carbocycles. The zero-order chi connectivity index (χ0) is 31.7. The van der Waals surface area contributed by atoms with Crippen molar-refractivity contribution in [2.24, 2.45) is 0 Å². The molecular weight excluding hydrogens is 800 g/mol. The molecule has 0 unspecified atom stereocenters. The van der Waals surface area contributed by atoms with Gasteiger partial charge in [0.1, 0.15) is 0 Å². The van der Waals surface area contributed by atoms with Crippen LogP contribution in [0.15, 0.2) is 212 Å². The van der Waals surface area contributed by atoms with E-state index in [9.17, 15) is 0 Å². The van der Waals surface area contributed by atoms with E-state index in [1.54, 1.807) is 0 Å². The predicted octanol–water partition coefficient (Wildman–Crippen LogP) is 8.63. The van der Waals surface area contributed by atoms with Gasteiger partial charge in [0.05, 0.1) is 0 Å². The number of hydrogen-bond donors (Lipinski definition) is 0. The largest absolute Gasteiger partial charge is 0.0622 e. The fraction of sp³-hybridized carbons (Fsp3) is 0. The van der Waals surface area contributed by atoms with Crippen molar-refractivity contribution < 1.29 is 14.4 Å². The predicted molar refractivity (Wildman–Crippen MR) is 210 cm³/mol. The van der Waals surface area contributed by atoms with Crippen molar-refractivity contribution in [1.29, 1.82) is 0 Å². The Hall–Kier alpha value is -3.21. The van der Waals surface area contributed by atoms with Crippen LogP contribution in [0.1, 0.15) is 0 Å². The maximum Gasteiger partial charge on any atom is -0.0134 e. The molecule has 7 rings (SSSR count).